The fourth-order valence-electron chi connectivity index (χ4n) is 5.60. The molecule has 0 fully saturated rings. The summed E-state index contributed by atoms with van der Waals surface area (Å²) < 4.78 is 10.4. The average molecular weight is 587 g/mol. The minimum Gasteiger partial charge on any atom is -0.504 e. The average Bonchev–Trinajstić information content (AvgIpc) is 3.00. The molecular weight excluding hydrogens is 520 g/mol. The number of methoxy groups -OCH3 is 1. The van der Waals surface area contributed by atoms with Gasteiger partial charge < -0.3 is 14.6 Å². The van der Waals surface area contributed by atoms with Crippen LogP contribution in [-0.4, -0.2) is 24.8 Å². The number of hydrogen-bond acceptors (Lipinski definition) is 4. The van der Waals surface area contributed by atoms with Crippen LogP contribution in [0.5, 0.6) is 11.5 Å². The van der Waals surface area contributed by atoms with Crippen LogP contribution in [0.3, 0.4) is 0 Å². The molecule has 4 nitrogen and oxygen atoms in total. The summed E-state index contributed by atoms with van der Waals surface area (Å²) in [5.41, 5.74) is 0.779. The van der Waals surface area contributed by atoms with E-state index in [0.29, 0.717) is 12.4 Å². The monoisotopic (exact) mass is 586 g/mol. The Labute approximate surface area is 260 Å². The highest BCUT2D eigenvalue weighted by molar-refractivity contribution is 5.87. The van der Waals surface area contributed by atoms with Gasteiger partial charge in [-0.25, -0.2) is 4.79 Å². The maximum atomic E-state index is 11.9. The number of rotatable bonds is 30. The van der Waals surface area contributed by atoms with Crippen LogP contribution in [0.15, 0.2) is 24.3 Å². The van der Waals surface area contributed by atoms with Gasteiger partial charge >= 0.3 is 5.97 Å². The molecule has 0 aliphatic carbocycles. The lowest BCUT2D eigenvalue weighted by molar-refractivity contribution is -0.137. The summed E-state index contributed by atoms with van der Waals surface area (Å²) in [6.07, 6.45) is 39.1. The highest BCUT2D eigenvalue weighted by Gasteiger charge is 2.02. The summed E-state index contributed by atoms with van der Waals surface area (Å²) in [5, 5.41) is 9.63. The van der Waals surface area contributed by atoms with Crippen LogP contribution >= 0.6 is 0 Å². The van der Waals surface area contributed by atoms with Gasteiger partial charge in [0.25, 0.3) is 0 Å². The minimum absolute atomic E-state index is 0.0815. The molecule has 0 bridgehead atoms. The molecular formula is C38H66O4. The SMILES string of the molecule is CCCCCCCCCCCCCCCCCCCCCCCCCCCCOC(=O)C=Cc1ccc(O)c(OC)c1. The predicted octanol–water partition coefficient (Wildman–Crippen LogP) is 12.1. The Morgan fingerprint density at radius 3 is 1.38 bits per heavy atom. The molecule has 1 N–H and O–H groups in total. The molecule has 4 heteroatoms. The Kier molecular flexibility index (Phi) is 26.4. The largest absolute Gasteiger partial charge is 0.504 e. The Morgan fingerprint density at radius 2 is 1.00 bits per heavy atom. The first-order valence-corrected chi connectivity index (χ1v) is 17.9. The van der Waals surface area contributed by atoms with Crippen LogP contribution in [0.25, 0.3) is 6.08 Å². The van der Waals surface area contributed by atoms with Crippen molar-refractivity contribution < 1.29 is 19.4 Å². The van der Waals surface area contributed by atoms with Crippen molar-refractivity contribution in [1.29, 1.82) is 0 Å². The summed E-state index contributed by atoms with van der Waals surface area (Å²) in [6, 6.07) is 4.96. The van der Waals surface area contributed by atoms with E-state index in [2.05, 4.69) is 6.92 Å². The minimum atomic E-state index is -0.332. The van der Waals surface area contributed by atoms with Gasteiger partial charge in [0.1, 0.15) is 0 Å². The maximum Gasteiger partial charge on any atom is 0.330 e. The Hall–Kier alpha value is -1.97. The van der Waals surface area contributed by atoms with Crippen LogP contribution in [0.2, 0.25) is 0 Å². The Morgan fingerprint density at radius 1 is 0.619 bits per heavy atom. The van der Waals surface area contributed by atoms with E-state index in [4.69, 9.17) is 9.47 Å². The van der Waals surface area contributed by atoms with E-state index in [1.807, 2.05) is 0 Å². The van der Waals surface area contributed by atoms with Crippen LogP contribution < -0.4 is 4.74 Å². The van der Waals surface area contributed by atoms with Crippen LogP contribution in [0.4, 0.5) is 0 Å². The molecule has 0 saturated carbocycles. The Balaban J connectivity index is 1.75. The number of phenols is 1. The number of benzene rings is 1. The molecule has 1 aromatic rings. The molecule has 0 heterocycles. The second kappa shape index (κ2) is 29.1. The number of hydrogen-bond donors (Lipinski definition) is 1. The van der Waals surface area contributed by atoms with Crippen molar-refractivity contribution in [3.05, 3.63) is 29.8 Å². The predicted molar refractivity (Wildman–Crippen MR) is 180 cm³/mol. The fourth-order valence-corrected chi connectivity index (χ4v) is 5.60. The van der Waals surface area contributed by atoms with Crippen LogP contribution in [0.1, 0.15) is 179 Å². The van der Waals surface area contributed by atoms with Gasteiger partial charge in [0.2, 0.25) is 0 Å². The first-order chi connectivity index (χ1) is 20.7. The van der Waals surface area contributed by atoms with Crippen LogP contribution in [-0.2, 0) is 9.53 Å². The van der Waals surface area contributed by atoms with Gasteiger partial charge in [-0.3, -0.25) is 0 Å². The molecule has 1 rings (SSSR count). The number of carbonyl (C=O) groups excluding carboxylic acids is 1. The zero-order valence-corrected chi connectivity index (χ0v) is 27.7. The molecule has 0 amide bonds. The highest BCUT2D eigenvalue weighted by atomic mass is 16.5. The van der Waals surface area contributed by atoms with Crippen molar-refractivity contribution in [3.63, 3.8) is 0 Å². The van der Waals surface area contributed by atoms with Gasteiger partial charge in [0.15, 0.2) is 11.5 Å². The maximum absolute atomic E-state index is 11.9. The lowest BCUT2D eigenvalue weighted by Gasteiger charge is -2.05. The molecule has 242 valence electrons. The second-order valence-corrected chi connectivity index (χ2v) is 12.3. The zero-order chi connectivity index (χ0) is 30.4. The van der Waals surface area contributed by atoms with E-state index in [1.54, 1.807) is 24.3 Å². The molecule has 0 aliphatic rings. The molecule has 0 saturated heterocycles. The van der Waals surface area contributed by atoms with E-state index in [1.165, 1.54) is 167 Å². The fraction of sp³-hybridized carbons (Fsp3) is 0.763. The van der Waals surface area contributed by atoms with Crippen molar-refractivity contribution in [1.82, 2.24) is 0 Å². The highest BCUT2D eigenvalue weighted by Crippen LogP contribution is 2.26. The second-order valence-electron chi connectivity index (χ2n) is 12.3. The summed E-state index contributed by atoms with van der Waals surface area (Å²) in [4.78, 5) is 11.9. The van der Waals surface area contributed by atoms with Gasteiger partial charge in [-0.1, -0.05) is 174 Å². The molecule has 0 radical (unpaired) electrons. The smallest absolute Gasteiger partial charge is 0.330 e. The third-order valence-corrected chi connectivity index (χ3v) is 8.36. The van der Waals surface area contributed by atoms with Crippen molar-refractivity contribution in [3.8, 4) is 11.5 Å². The van der Waals surface area contributed by atoms with E-state index in [9.17, 15) is 9.90 Å². The van der Waals surface area contributed by atoms with E-state index < -0.39 is 0 Å². The van der Waals surface area contributed by atoms with Crippen molar-refractivity contribution >= 4 is 12.0 Å². The van der Waals surface area contributed by atoms with Gasteiger partial charge in [-0.05, 0) is 30.2 Å². The number of aromatic hydroxyl groups is 1. The summed E-state index contributed by atoms with van der Waals surface area (Å²) in [6.45, 7) is 2.77. The zero-order valence-electron chi connectivity index (χ0n) is 27.7. The van der Waals surface area contributed by atoms with Crippen molar-refractivity contribution in [2.75, 3.05) is 13.7 Å². The van der Waals surface area contributed by atoms with Gasteiger partial charge in [0, 0.05) is 6.08 Å². The van der Waals surface area contributed by atoms with Crippen molar-refractivity contribution in [2.24, 2.45) is 0 Å². The van der Waals surface area contributed by atoms with Crippen LogP contribution in [0, 0.1) is 0 Å². The number of unbranched alkanes of at least 4 members (excludes halogenated alkanes) is 25. The number of esters is 1. The third kappa shape index (κ3) is 23.6. The molecule has 0 aromatic heterocycles. The molecule has 1 aromatic carbocycles. The third-order valence-electron chi connectivity index (χ3n) is 8.36. The molecule has 0 atom stereocenters. The van der Waals surface area contributed by atoms with Gasteiger partial charge in [-0.15, -0.1) is 0 Å². The number of phenolic OH excluding ortho intramolecular Hbond substituents is 1. The lowest BCUT2D eigenvalue weighted by Crippen LogP contribution is -2.02. The standard InChI is InChI=1S/C38H66O4/c1-3-4-5-6-7-8-9-10-11-12-13-14-15-16-17-18-19-20-21-22-23-24-25-26-27-28-33-42-38(40)32-30-35-29-31-36(39)37(34-35)41-2/h29-32,34,39H,3-28,33H2,1-2H3. The number of carbonyl (C=O) groups is 1. The van der Waals surface area contributed by atoms with Crippen molar-refractivity contribution in [2.45, 2.75) is 174 Å². The summed E-state index contributed by atoms with van der Waals surface area (Å²) in [5.74, 6) is 0.135. The van der Waals surface area contributed by atoms with Gasteiger partial charge in [-0.2, -0.15) is 0 Å². The first-order valence-electron chi connectivity index (χ1n) is 17.9. The van der Waals surface area contributed by atoms with E-state index in [0.717, 1.165) is 18.4 Å². The molecule has 0 unspecified atom stereocenters. The number of ether oxygens (including phenoxy) is 2. The van der Waals surface area contributed by atoms with E-state index >= 15 is 0 Å². The molecule has 42 heavy (non-hydrogen) atoms. The Bertz CT molecular complexity index is 772. The molecule has 0 spiro atoms. The first kappa shape index (κ1) is 38.1. The molecule has 0 aliphatic heterocycles. The quantitative estimate of drug-likeness (QED) is 0.0553. The topological polar surface area (TPSA) is 55.8 Å². The lowest BCUT2D eigenvalue weighted by atomic mass is 10.0. The summed E-state index contributed by atoms with van der Waals surface area (Å²) >= 11 is 0. The van der Waals surface area contributed by atoms with E-state index in [-0.39, 0.29) is 11.7 Å². The summed E-state index contributed by atoms with van der Waals surface area (Å²) in [7, 11) is 1.50. The van der Waals surface area contributed by atoms with Gasteiger partial charge in [0.05, 0.1) is 13.7 Å². The normalized spacial score (nSPS) is 11.4.